The summed E-state index contributed by atoms with van der Waals surface area (Å²) in [4.78, 5) is 3.98. The molecule has 0 radical (unpaired) electrons. The molecule has 0 aliphatic carbocycles. The number of nitrogens with zero attached hydrogens (tertiary/aromatic N) is 2. The van der Waals surface area contributed by atoms with Gasteiger partial charge in [-0.05, 0) is 12.8 Å². The van der Waals surface area contributed by atoms with Gasteiger partial charge in [0.05, 0.1) is 6.33 Å². The van der Waals surface area contributed by atoms with Crippen molar-refractivity contribution in [1.82, 2.24) is 9.55 Å². The number of alkyl halides is 1. The van der Waals surface area contributed by atoms with Gasteiger partial charge in [-0.3, -0.25) is 0 Å². The van der Waals surface area contributed by atoms with Crippen LogP contribution in [0.3, 0.4) is 0 Å². The minimum absolute atomic E-state index is 0. The van der Waals surface area contributed by atoms with Crippen molar-refractivity contribution in [3.05, 3.63) is 18.7 Å². The monoisotopic (exact) mass is 222 g/mol. The molecule has 1 rings (SSSR count). The number of unbranched alkanes of at least 4 members (excludes halogenated alkanes) is 3. The van der Waals surface area contributed by atoms with Gasteiger partial charge < -0.3 is 4.57 Å². The Morgan fingerprint density at radius 2 is 1.92 bits per heavy atom. The molecule has 0 aliphatic rings. The molecule has 1 aromatic heterocycles. The number of rotatable bonds is 6. The first-order valence-corrected chi connectivity index (χ1v) is 4.98. The normalized spacial score (nSPS) is 9.62. The topological polar surface area (TPSA) is 17.8 Å². The molecule has 0 aromatic carbocycles. The van der Waals surface area contributed by atoms with Crippen molar-refractivity contribution in [2.24, 2.45) is 0 Å². The molecular formula is C9H16Cl2N2. The van der Waals surface area contributed by atoms with Crippen molar-refractivity contribution in [3.8, 4) is 0 Å². The molecule has 1 aromatic rings. The SMILES string of the molecule is Cl.ClCCCCCCn1ccnc1. The largest absolute Gasteiger partial charge is 0.337 e. The molecule has 0 aliphatic heterocycles. The minimum Gasteiger partial charge on any atom is -0.337 e. The highest BCUT2D eigenvalue weighted by Crippen LogP contribution is 2.02. The first-order chi connectivity index (χ1) is 5.93. The summed E-state index contributed by atoms with van der Waals surface area (Å²) in [7, 11) is 0. The maximum Gasteiger partial charge on any atom is 0.0945 e. The first-order valence-electron chi connectivity index (χ1n) is 4.45. The lowest BCUT2D eigenvalue weighted by atomic mass is 10.2. The number of aromatic nitrogens is 2. The van der Waals surface area contributed by atoms with E-state index < -0.39 is 0 Å². The molecule has 0 fully saturated rings. The smallest absolute Gasteiger partial charge is 0.0945 e. The fourth-order valence-corrected chi connectivity index (χ4v) is 1.35. The van der Waals surface area contributed by atoms with Crippen LogP contribution >= 0.6 is 24.0 Å². The van der Waals surface area contributed by atoms with Crippen LogP contribution in [0, 0.1) is 0 Å². The van der Waals surface area contributed by atoms with Gasteiger partial charge in [-0.15, -0.1) is 24.0 Å². The Kier molecular flexibility index (Phi) is 8.26. The van der Waals surface area contributed by atoms with Gasteiger partial charge >= 0.3 is 0 Å². The van der Waals surface area contributed by atoms with Gasteiger partial charge in [0.1, 0.15) is 0 Å². The number of hydrogen-bond donors (Lipinski definition) is 0. The van der Waals surface area contributed by atoms with Crippen molar-refractivity contribution < 1.29 is 0 Å². The Hall–Kier alpha value is -0.210. The quantitative estimate of drug-likeness (QED) is 0.535. The number of hydrogen-bond acceptors (Lipinski definition) is 1. The third-order valence-electron chi connectivity index (χ3n) is 1.86. The molecule has 13 heavy (non-hydrogen) atoms. The van der Waals surface area contributed by atoms with Crippen molar-refractivity contribution in [2.75, 3.05) is 5.88 Å². The lowest BCUT2D eigenvalue weighted by Gasteiger charge is -2.00. The highest BCUT2D eigenvalue weighted by Gasteiger charge is 1.90. The fraction of sp³-hybridized carbons (Fsp3) is 0.667. The maximum atomic E-state index is 5.56. The molecule has 0 saturated carbocycles. The van der Waals surface area contributed by atoms with Crippen molar-refractivity contribution in [1.29, 1.82) is 0 Å². The Labute approximate surface area is 90.7 Å². The van der Waals surface area contributed by atoms with E-state index in [4.69, 9.17) is 11.6 Å². The highest BCUT2D eigenvalue weighted by atomic mass is 35.5. The van der Waals surface area contributed by atoms with Crippen LogP contribution in [-0.2, 0) is 6.54 Å². The molecule has 0 spiro atoms. The minimum atomic E-state index is 0. The summed E-state index contributed by atoms with van der Waals surface area (Å²) in [5, 5.41) is 0. The van der Waals surface area contributed by atoms with Gasteiger partial charge in [0.15, 0.2) is 0 Å². The lowest BCUT2D eigenvalue weighted by Crippen LogP contribution is -1.93. The molecular weight excluding hydrogens is 207 g/mol. The van der Waals surface area contributed by atoms with Crippen molar-refractivity contribution in [2.45, 2.75) is 32.2 Å². The predicted molar refractivity (Wildman–Crippen MR) is 58.7 cm³/mol. The summed E-state index contributed by atoms with van der Waals surface area (Å²) in [5.41, 5.74) is 0. The Balaban J connectivity index is 0.00000144. The molecule has 0 atom stereocenters. The molecule has 2 nitrogen and oxygen atoms in total. The van der Waals surface area contributed by atoms with Crippen LogP contribution in [0.15, 0.2) is 18.7 Å². The predicted octanol–water partition coefficient (Wildman–Crippen LogP) is 3.10. The van der Waals surface area contributed by atoms with Crippen LogP contribution in [0.2, 0.25) is 0 Å². The zero-order valence-electron chi connectivity index (χ0n) is 7.66. The molecule has 0 bridgehead atoms. The van der Waals surface area contributed by atoms with Gasteiger partial charge in [0, 0.05) is 24.8 Å². The summed E-state index contributed by atoms with van der Waals surface area (Å²) < 4.78 is 2.11. The van der Waals surface area contributed by atoms with Gasteiger partial charge in [-0.2, -0.15) is 0 Å². The number of imidazole rings is 1. The molecule has 0 saturated heterocycles. The molecule has 4 heteroatoms. The first kappa shape index (κ1) is 12.8. The molecule has 0 amide bonds. The van der Waals surface area contributed by atoms with Crippen LogP contribution in [0.5, 0.6) is 0 Å². The standard InChI is InChI=1S/C9H15ClN2.ClH/c10-5-3-1-2-4-7-12-8-6-11-9-12;/h6,8-9H,1-5,7H2;1H. The van der Waals surface area contributed by atoms with Crippen molar-refractivity contribution in [3.63, 3.8) is 0 Å². The number of halogens is 2. The van der Waals surface area contributed by atoms with Crippen LogP contribution in [0.1, 0.15) is 25.7 Å². The molecule has 76 valence electrons. The second kappa shape index (κ2) is 8.39. The van der Waals surface area contributed by atoms with E-state index in [9.17, 15) is 0 Å². The zero-order chi connectivity index (χ0) is 8.65. The van der Waals surface area contributed by atoms with Gasteiger partial charge in [-0.25, -0.2) is 4.98 Å². The average molecular weight is 223 g/mol. The van der Waals surface area contributed by atoms with E-state index in [0.29, 0.717) is 0 Å². The molecule has 1 heterocycles. The van der Waals surface area contributed by atoms with E-state index in [1.54, 1.807) is 0 Å². The van der Waals surface area contributed by atoms with Crippen LogP contribution in [-0.4, -0.2) is 15.4 Å². The van der Waals surface area contributed by atoms with E-state index in [2.05, 4.69) is 9.55 Å². The van der Waals surface area contributed by atoms with Gasteiger partial charge in [-0.1, -0.05) is 12.8 Å². The third kappa shape index (κ3) is 5.94. The van der Waals surface area contributed by atoms with E-state index >= 15 is 0 Å². The lowest BCUT2D eigenvalue weighted by molar-refractivity contribution is 0.583. The summed E-state index contributed by atoms with van der Waals surface area (Å²) in [6.07, 6.45) is 10.6. The second-order valence-electron chi connectivity index (χ2n) is 2.90. The van der Waals surface area contributed by atoms with E-state index in [1.807, 2.05) is 18.7 Å². The van der Waals surface area contributed by atoms with Crippen LogP contribution < -0.4 is 0 Å². The van der Waals surface area contributed by atoms with Crippen LogP contribution in [0.4, 0.5) is 0 Å². The van der Waals surface area contributed by atoms with E-state index in [-0.39, 0.29) is 12.4 Å². The molecule has 0 N–H and O–H groups in total. The second-order valence-corrected chi connectivity index (χ2v) is 3.28. The zero-order valence-corrected chi connectivity index (χ0v) is 9.23. The Morgan fingerprint density at radius 1 is 1.15 bits per heavy atom. The summed E-state index contributed by atoms with van der Waals surface area (Å²) in [5.74, 6) is 0.797. The summed E-state index contributed by atoms with van der Waals surface area (Å²) >= 11 is 5.56. The van der Waals surface area contributed by atoms with Gasteiger partial charge in [0.2, 0.25) is 0 Å². The van der Waals surface area contributed by atoms with Crippen LogP contribution in [0.25, 0.3) is 0 Å². The van der Waals surface area contributed by atoms with E-state index in [1.165, 1.54) is 19.3 Å². The summed E-state index contributed by atoms with van der Waals surface area (Å²) in [6, 6.07) is 0. The third-order valence-corrected chi connectivity index (χ3v) is 2.13. The highest BCUT2D eigenvalue weighted by molar-refractivity contribution is 6.17. The fourth-order valence-electron chi connectivity index (χ4n) is 1.16. The average Bonchev–Trinajstić information content (AvgIpc) is 2.57. The van der Waals surface area contributed by atoms with E-state index in [0.717, 1.165) is 18.8 Å². The number of aryl methyl sites for hydroxylation is 1. The maximum absolute atomic E-state index is 5.56. The van der Waals surface area contributed by atoms with Gasteiger partial charge in [0.25, 0.3) is 0 Å². The van der Waals surface area contributed by atoms with Crippen molar-refractivity contribution >= 4 is 24.0 Å². The Bertz CT molecular complexity index is 188. The Morgan fingerprint density at radius 3 is 2.54 bits per heavy atom. The summed E-state index contributed by atoms with van der Waals surface area (Å²) in [6.45, 7) is 1.09. The molecule has 0 unspecified atom stereocenters.